The van der Waals surface area contributed by atoms with Crippen molar-refractivity contribution in [2.75, 3.05) is 24.7 Å². The Kier molecular flexibility index (Phi) is 7.80. The van der Waals surface area contributed by atoms with E-state index < -0.39 is 6.09 Å². The number of nitrogens with zero attached hydrogens (tertiary/aromatic N) is 1. The van der Waals surface area contributed by atoms with E-state index >= 15 is 0 Å². The lowest BCUT2D eigenvalue weighted by Gasteiger charge is -2.50. The summed E-state index contributed by atoms with van der Waals surface area (Å²) < 4.78 is 12.7. The Labute approximate surface area is 263 Å². The van der Waals surface area contributed by atoms with Crippen LogP contribution in [0.1, 0.15) is 35.2 Å². The fourth-order valence-electron chi connectivity index (χ4n) is 6.45. The van der Waals surface area contributed by atoms with Gasteiger partial charge in [0.1, 0.15) is 18.2 Å². The normalized spacial score (nSPS) is 26.6. The molecular weight excluding hydrogens is 669 g/mol. The second-order valence-corrected chi connectivity index (χ2v) is 14.0. The number of epoxide rings is 1. The fraction of sp³-hybridized carbons (Fsp3) is 0.344. The molecule has 2 bridgehead atoms. The van der Waals surface area contributed by atoms with Crippen LogP contribution in [0.25, 0.3) is 11.1 Å². The molecule has 5 atom stereocenters. The molecule has 3 aliphatic heterocycles. The third kappa shape index (κ3) is 5.43. The van der Waals surface area contributed by atoms with Gasteiger partial charge in [0.15, 0.2) is 15.9 Å². The van der Waals surface area contributed by atoms with Crippen molar-refractivity contribution in [1.82, 2.24) is 0 Å². The molecule has 3 saturated heterocycles. The number of aldehydes is 1. The van der Waals surface area contributed by atoms with E-state index in [-0.39, 0.29) is 39.2 Å². The SMILES string of the molecule is C[N+]1(C)[C@H]2C[C@H](OC(=O)Nc3cc(CCC(=O)Nc4ccc(C=O)c(Cl)c4)ccc3-c3ccccc3)C[C@@]1(I)[C@@H]1O[C@H]12. The number of hydrogen-bond acceptors (Lipinski definition) is 5. The third-order valence-electron chi connectivity index (χ3n) is 8.88. The number of halogens is 2. The molecule has 0 unspecified atom stereocenters. The number of anilines is 2. The molecule has 3 aliphatic rings. The molecule has 0 aliphatic carbocycles. The van der Waals surface area contributed by atoms with Crippen LogP contribution in [-0.4, -0.2) is 64.8 Å². The molecule has 2 amide bonds. The van der Waals surface area contributed by atoms with Crippen LogP contribution in [0, 0.1) is 0 Å². The number of nitrogens with one attached hydrogen (secondary N) is 2. The van der Waals surface area contributed by atoms with Crippen molar-refractivity contribution < 1.29 is 28.3 Å². The molecule has 3 heterocycles. The van der Waals surface area contributed by atoms with Crippen molar-refractivity contribution in [2.45, 2.75) is 53.6 Å². The first-order valence-electron chi connectivity index (χ1n) is 14.0. The van der Waals surface area contributed by atoms with Crippen LogP contribution >= 0.6 is 34.2 Å². The summed E-state index contributed by atoms with van der Waals surface area (Å²) in [6.07, 6.45) is 2.68. The van der Waals surface area contributed by atoms with Crippen molar-refractivity contribution >= 4 is 63.9 Å². The quantitative estimate of drug-likeness (QED) is 0.0703. The fourth-order valence-corrected chi connectivity index (χ4v) is 8.02. The Morgan fingerprint density at radius 1 is 1.12 bits per heavy atom. The maximum atomic E-state index is 13.2. The third-order valence-corrected chi connectivity index (χ3v) is 11.5. The van der Waals surface area contributed by atoms with Crippen LogP contribution < -0.4 is 10.6 Å². The van der Waals surface area contributed by atoms with Gasteiger partial charge < -0.3 is 19.3 Å². The first-order valence-corrected chi connectivity index (χ1v) is 15.4. The zero-order chi connectivity index (χ0) is 29.6. The number of hydrogen-bond donors (Lipinski definition) is 2. The van der Waals surface area contributed by atoms with Gasteiger partial charge in [0.2, 0.25) is 5.91 Å². The first-order chi connectivity index (χ1) is 20.1. The maximum Gasteiger partial charge on any atom is 0.411 e. The Hall–Kier alpha value is -2.99. The number of likely N-dealkylation sites (N-methyl/N-ethyl adjacent to an activating group) is 1. The highest BCUT2D eigenvalue weighted by molar-refractivity contribution is 14.1. The summed E-state index contributed by atoms with van der Waals surface area (Å²) in [4.78, 5) is 36.9. The summed E-state index contributed by atoms with van der Waals surface area (Å²) >= 11 is 8.60. The Bertz CT molecular complexity index is 1550. The zero-order valence-corrected chi connectivity index (χ0v) is 26.2. The van der Waals surface area contributed by atoms with Gasteiger partial charge in [0.25, 0.3) is 0 Å². The van der Waals surface area contributed by atoms with Gasteiger partial charge in [0, 0.05) is 29.7 Å². The summed E-state index contributed by atoms with van der Waals surface area (Å²) in [5.74, 6) is -0.186. The number of fused-ring (bicyclic) bond motifs is 5. The van der Waals surface area contributed by atoms with E-state index in [0.717, 1.165) is 34.0 Å². The minimum atomic E-state index is -0.482. The largest absolute Gasteiger partial charge is 0.445 e. The van der Waals surface area contributed by atoms with E-state index in [1.807, 2.05) is 48.5 Å². The van der Waals surface area contributed by atoms with E-state index in [1.54, 1.807) is 18.2 Å². The molecule has 42 heavy (non-hydrogen) atoms. The van der Waals surface area contributed by atoms with Gasteiger partial charge in [-0.2, -0.15) is 0 Å². The molecule has 2 N–H and O–H groups in total. The van der Waals surface area contributed by atoms with Crippen LogP contribution in [0.15, 0.2) is 66.7 Å². The molecule has 10 heteroatoms. The minimum absolute atomic E-state index is 0.103. The number of piperidine rings is 1. The number of carbonyl (C=O) groups is 3. The van der Waals surface area contributed by atoms with Crippen molar-refractivity contribution in [1.29, 1.82) is 0 Å². The van der Waals surface area contributed by atoms with Gasteiger partial charge in [0.05, 0.1) is 31.2 Å². The molecule has 0 radical (unpaired) electrons. The molecule has 3 aromatic rings. The minimum Gasteiger partial charge on any atom is -0.445 e. The highest BCUT2D eigenvalue weighted by Crippen LogP contribution is 2.61. The highest BCUT2D eigenvalue weighted by atomic mass is 127. The highest BCUT2D eigenvalue weighted by Gasteiger charge is 2.78. The summed E-state index contributed by atoms with van der Waals surface area (Å²) in [7, 11) is 4.50. The molecule has 3 aromatic carbocycles. The molecule has 0 spiro atoms. The number of carbonyl (C=O) groups excluding carboxylic acids is 3. The molecule has 3 fully saturated rings. The number of amides is 2. The lowest BCUT2D eigenvalue weighted by atomic mass is 9.96. The van der Waals surface area contributed by atoms with Crippen molar-refractivity contribution in [2.24, 2.45) is 0 Å². The summed E-state index contributed by atoms with van der Waals surface area (Å²) in [6, 6.07) is 20.7. The second-order valence-electron chi connectivity index (χ2n) is 11.7. The number of rotatable bonds is 8. The number of morpholine rings is 1. The van der Waals surface area contributed by atoms with Crippen LogP contribution in [0.3, 0.4) is 0 Å². The Morgan fingerprint density at radius 3 is 2.62 bits per heavy atom. The van der Waals surface area contributed by atoms with E-state index in [9.17, 15) is 14.4 Å². The molecule has 218 valence electrons. The average Bonchev–Trinajstić information content (AvgIpc) is 3.74. The molecule has 6 rings (SSSR count). The maximum absolute atomic E-state index is 13.2. The van der Waals surface area contributed by atoms with Gasteiger partial charge in [-0.15, -0.1) is 0 Å². The Balaban J connectivity index is 1.14. The van der Waals surface area contributed by atoms with Crippen LogP contribution in [0.4, 0.5) is 16.2 Å². The lowest BCUT2D eigenvalue weighted by molar-refractivity contribution is -0.943. The molecule has 8 nitrogen and oxygen atoms in total. The number of alkyl halides is 1. The summed E-state index contributed by atoms with van der Waals surface area (Å²) in [5, 5.41) is 6.11. The standard InChI is InChI=1S/C32H31ClIN3O5/c1-37(2)27-16-23(17-32(37,34)30-29(27)42-30)41-31(40)36-26-14-19(8-12-24(26)20-6-4-3-5-7-20)9-13-28(39)35-22-11-10-21(18-38)25(33)15-22/h3-8,10-12,14-15,18,23,27,29-30H,9,13,16-17H2,1-2H3,(H-,35,36,38,39,40)/p+1/t23-,27-,29-,30+,32-/m0/s1. The van der Waals surface area contributed by atoms with Crippen LogP contribution in [0.5, 0.6) is 0 Å². The summed E-state index contributed by atoms with van der Waals surface area (Å²) in [5.41, 5.74) is 4.25. The van der Waals surface area contributed by atoms with Gasteiger partial charge >= 0.3 is 6.09 Å². The number of ether oxygens (including phenoxy) is 2. The van der Waals surface area contributed by atoms with E-state index in [0.29, 0.717) is 35.7 Å². The smallest absolute Gasteiger partial charge is 0.411 e. The van der Waals surface area contributed by atoms with Crippen molar-refractivity contribution in [3.8, 4) is 11.1 Å². The topological polar surface area (TPSA) is 97.0 Å². The predicted octanol–water partition coefficient (Wildman–Crippen LogP) is 6.46. The van der Waals surface area contributed by atoms with Gasteiger partial charge in [-0.25, -0.2) is 4.79 Å². The van der Waals surface area contributed by atoms with E-state index in [1.165, 1.54) is 0 Å². The molecule has 0 saturated carbocycles. The second kappa shape index (κ2) is 11.3. The van der Waals surface area contributed by atoms with Crippen molar-refractivity contribution in [3.63, 3.8) is 0 Å². The van der Waals surface area contributed by atoms with Gasteiger partial charge in [-0.1, -0.05) is 54.1 Å². The number of benzene rings is 3. The van der Waals surface area contributed by atoms with Crippen LogP contribution in [0.2, 0.25) is 5.02 Å². The average molecular weight is 701 g/mol. The van der Waals surface area contributed by atoms with Crippen molar-refractivity contribution in [3.05, 3.63) is 82.9 Å². The molecular formula is C32H32ClIN3O5+. The van der Waals surface area contributed by atoms with E-state index in [4.69, 9.17) is 21.1 Å². The van der Waals surface area contributed by atoms with Crippen LogP contribution in [-0.2, 0) is 20.7 Å². The van der Waals surface area contributed by atoms with Gasteiger partial charge in [-0.3, -0.25) is 14.9 Å². The van der Waals surface area contributed by atoms with Gasteiger partial charge in [-0.05, 0) is 64.4 Å². The summed E-state index contributed by atoms with van der Waals surface area (Å²) in [6.45, 7) is 0. The zero-order valence-electron chi connectivity index (χ0n) is 23.3. The number of quaternary nitrogens is 1. The lowest BCUT2D eigenvalue weighted by Crippen LogP contribution is -2.65. The first kappa shape index (κ1) is 29.1. The van der Waals surface area contributed by atoms with E-state index in [2.05, 4.69) is 47.3 Å². The predicted molar refractivity (Wildman–Crippen MR) is 170 cm³/mol. The number of aryl methyl sites for hydroxylation is 1. The Morgan fingerprint density at radius 2 is 1.90 bits per heavy atom. The molecule has 0 aromatic heterocycles. The monoisotopic (exact) mass is 700 g/mol.